The van der Waals surface area contributed by atoms with Crippen LogP contribution < -0.4 is 5.32 Å². The van der Waals surface area contributed by atoms with Gasteiger partial charge < -0.3 is 5.32 Å². The van der Waals surface area contributed by atoms with Gasteiger partial charge in [0.05, 0.1) is 0 Å². The highest BCUT2D eigenvalue weighted by molar-refractivity contribution is 9.10. The minimum Gasteiger partial charge on any atom is -0.315 e. The van der Waals surface area contributed by atoms with E-state index in [0.29, 0.717) is 0 Å². The van der Waals surface area contributed by atoms with Crippen molar-refractivity contribution in [1.29, 1.82) is 0 Å². The van der Waals surface area contributed by atoms with Gasteiger partial charge in [0.25, 0.3) is 0 Å². The summed E-state index contributed by atoms with van der Waals surface area (Å²) < 4.78 is 1.17. The first-order chi connectivity index (χ1) is 7.34. The van der Waals surface area contributed by atoms with Gasteiger partial charge in [-0.05, 0) is 37.2 Å². The Morgan fingerprint density at radius 1 is 1.27 bits per heavy atom. The van der Waals surface area contributed by atoms with E-state index < -0.39 is 0 Å². The van der Waals surface area contributed by atoms with Crippen molar-refractivity contribution >= 4 is 15.9 Å². The van der Waals surface area contributed by atoms with Gasteiger partial charge in [-0.3, -0.25) is 4.90 Å². The average molecular weight is 269 g/mol. The molecular formula is C12H17BrN2. The minimum atomic E-state index is 1.07. The number of rotatable bonds is 2. The lowest BCUT2D eigenvalue weighted by Gasteiger charge is -2.19. The number of halogens is 1. The summed E-state index contributed by atoms with van der Waals surface area (Å²) in [5.41, 5.74) is 1.39. The molecule has 2 nitrogen and oxygen atoms in total. The lowest BCUT2D eigenvalue weighted by molar-refractivity contribution is 0.284. The number of hydrogen-bond acceptors (Lipinski definition) is 2. The highest BCUT2D eigenvalue weighted by Gasteiger charge is 2.08. The largest absolute Gasteiger partial charge is 0.315 e. The molecule has 1 aromatic rings. The molecule has 1 N–H and O–H groups in total. The maximum absolute atomic E-state index is 3.51. The van der Waals surface area contributed by atoms with Gasteiger partial charge in [0.15, 0.2) is 0 Å². The van der Waals surface area contributed by atoms with Gasteiger partial charge in [-0.1, -0.05) is 28.1 Å². The lowest BCUT2D eigenvalue weighted by atomic mass is 10.2. The third-order valence-corrected chi connectivity index (χ3v) is 3.22. The fraction of sp³-hybridized carbons (Fsp3) is 0.500. The van der Waals surface area contributed by atoms with Gasteiger partial charge in [0.2, 0.25) is 0 Å². The predicted octanol–water partition coefficient (Wildman–Crippen LogP) is 2.24. The first-order valence-corrected chi connectivity index (χ1v) is 6.31. The highest BCUT2D eigenvalue weighted by Crippen LogP contribution is 2.13. The van der Waals surface area contributed by atoms with E-state index in [-0.39, 0.29) is 0 Å². The molecule has 0 unspecified atom stereocenters. The zero-order chi connectivity index (χ0) is 10.5. The van der Waals surface area contributed by atoms with Crippen LogP contribution in [0.1, 0.15) is 12.0 Å². The topological polar surface area (TPSA) is 15.3 Å². The van der Waals surface area contributed by atoms with Crippen molar-refractivity contribution in [1.82, 2.24) is 10.2 Å². The van der Waals surface area contributed by atoms with Gasteiger partial charge in [-0.15, -0.1) is 0 Å². The standard InChI is InChI=1S/C12H17BrN2/c13-12-4-1-3-11(9-12)10-15-7-2-5-14-6-8-15/h1,3-4,9,14H,2,5-8,10H2. The summed E-state index contributed by atoms with van der Waals surface area (Å²) >= 11 is 3.51. The van der Waals surface area contributed by atoms with Crippen molar-refractivity contribution in [3.05, 3.63) is 34.3 Å². The van der Waals surface area contributed by atoms with Crippen molar-refractivity contribution in [3.63, 3.8) is 0 Å². The molecule has 1 saturated heterocycles. The summed E-state index contributed by atoms with van der Waals surface area (Å²) in [5, 5.41) is 3.42. The Labute approximate surface area is 99.8 Å². The SMILES string of the molecule is Brc1cccc(CN2CCCNCC2)c1. The maximum Gasteiger partial charge on any atom is 0.0234 e. The third-order valence-electron chi connectivity index (χ3n) is 2.73. The first kappa shape index (κ1) is 11.1. The fourth-order valence-electron chi connectivity index (χ4n) is 1.95. The highest BCUT2D eigenvalue weighted by atomic mass is 79.9. The van der Waals surface area contributed by atoms with E-state index in [1.54, 1.807) is 0 Å². The zero-order valence-electron chi connectivity index (χ0n) is 8.88. The summed E-state index contributed by atoms with van der Waals surface area (Å²) in [6, 6.07) is 8.59. The molecule has 1 heterocycles. The maximum atomic E-state index is 3.51. The lowest BCUT2D eigenvalue weighted by Crippen LogP contribution is -2.27. The Morgan fingerprint density at radius 3 is 3.07 bits per heavy atom. The normalized spacial score (nSPS) is 18.7. The van der Waals surface area contributed by atoms with Crippen LogP contribution in [0.5, 0.6) is 0 Å². The van der Waals surface area contributed by atoms with E-state index in [2.05, 4.69) is 50.4 Å². The van der Waals surface area contributed by atoms with Crippen LogP contribution in [0.25, 0.3) is 0 Å². The molecule has 0 saturated carbocycles. The zero-order valence-corrected chi connectivity index (χ0v) is 10.5. The molecule has 1 fully saturated rings. The van der Waals surface area contributed by atoms with Gasteiger partial charge in [0.1, 0.15) is 0 Å². The molecule has 82 valence electrons. The average Bonchev–Trinajstić information content (AvgIpc) is 2.46. The second-order valence-corrected chi connectivity index (χ2v) is 4.93. The summed E-state index contributed by atoms with van der Waals surface area (Å²) in [6.07, 6.45) is 1.26. The van der Waals surface area contributed by atoms with E-state index in [1.165, 1.54) is 23.0 Å². The van der Waals surface area contributed by atoms with E-state index >= 15 is 0 Å². The monoisotopic (exact) mass is 268 g/mol. The summed E-state index contributed by atoms with van der Waals surface area (Å²) in [4.78, 5) is 2.52. The molecule has 0 amide bonds. The van der Waals surface area contributed by atoms with Gasteiger partial charge in [0, 0.05) is 24.1 Å². The van der Waals surface area contributed by atoms with E-state index in [9.17, 15) is 0 Å². The van der Waals surface area contributed by atoms with Crippen LogP contribution in [0.4, 0.5) is 0 Å². The summed E-state index contributed by atoms with van der Waals surface area (Å²) in [6.45, 7) is 5.72. The molecule has 0 aliphatic carbocycles. The quantitative estimate of drug-likeness (QED) is 0.885. The van der Waals surface area contributed by atoms with Crippen LogP contribution in [0.2, 0.25) is 0 Å². The van der Waals surface area contributed by atoms with Crippen LogP contribution in [0.3, 0.4) is 0 Å². The smallest absolute Gasteiger partial charge is 0.0234 e. The molecule has 2 rings (SSSR count). The third kappa shape index (κ3) is 3.59. The van der Waals surface area contributed by atoms with Crippen molar-refractivity contribution in [3.8, 4) is 0 Å². The molecule has 15 heavy (non-hydrogen) atoms. The molecule has 1 aromatic carbocycles. The number of hydrogen-bond donors (Lipinski definition) is 1. The van der Waals surface area contributed by atoms with Crippen LogP contribution in [-0.2, 0) is 6.54 Å². The predicted molar refractivity (Wildman–Crippen MR) is 66.9 cm³/mol. The van der Waals surface area contributed by atoms with Crippen LogP contribution in [0, 0.1) is 0 Å². The number of nitrogens with one attached hydrogen (secondary N) is 1. The van der Waals surface area contributed by atoms with Gasteiger partial charge >= 0.3 is 0 Å². The van der Waals surface area contributed by atoms with Crippen molar-refractivity contribution in [2.75, 3.05) is 26.2 Å². The molecule has 0 spiro atoms. The Hall–Kier alpha value is -0.380. The minimum absolute atomic E-state index is 1.07. The summed E-state index contributed by atoms with van der Waals surface area (Å²) in [7, 11) is 0. The Bertz CT molecular complexity index is 306. The molecule has 1 aliphatic heterocycles. The van der Waals surface area contributed by atoms with Gasteiger partial charge in [-0.2, -0.15) is 0 Å². The molecule has 0 aromatic heterocycles. The number of nitrogens with zero attached hydrogens (tertiary/aromatic N) is 1. The first-order valence-electron chi connectivity index (χ1n) is 5.52. The van der Waals surface area contributed by atoms with Crippen LogP contribution >= 0.6 is 15.9 Å². The Kier molecular flexibility index (Phi) is 4.18. The second kappa shape index (κ2) is 5.64. The molecule has 0 bridgehead atoms. The number of benzene rings is 1. The fourth-order valence-corrected chi connectivity index (χ4v) is 2.40. The van der Waals surface area contributed by atoms with Crippen LogP contribution in [0.15, 0.2) is 28.7 Å². The second-order valence-electron chi connectivity index (χ2n) is 4.01. The van der Waals surface area contributed by atoms with E-state index in [0.717, 1.165) is 26.2 Å². The molecule has 1 aliphatic rings. The summed E-state index contributed by atoms with van der Waals surface area (Å²) in [5.74, 6) is 0. The molecule has 3 heteroatoms. The van der Waals surface area contributed by atoms with Gasteiger partial charge in [-0.25, -0.2) is 0 Å². The molecular weight excluding hydrogens is 252 g/mol. The Morgan fingerprint density at radius 2 is 2.20 bits per heavy atom. The van der Waals surface area contributed by atoms with Crippen LogP contribution in [-0.4, -0.2) is 31.1 Å². The van der Waals surface area contributed by atoms with Crippen molar-refractivity contribution in [2.24, 2.45) is 0 Å². The van der Waals surface area contributed by atoms with E-state index in [1.807, 2.05) is 0 Å². The van der Waals surface area contributed by atoms with Crippen molar-refractivity contribution < 1.29 is 0 Å². The van der Waals surface area contributed by atoms with Crippen molar-refractivity contribution in [2.45, 2.75) is 13.0 Å². The molecule has 0 atom stereocenters. The van der Waals surface area contributed by atoms with E-state index in [4.69, 9.17) is 0 Å². The Balaban J connectivity index is 1.95. The molecule has 0 radical (unpaired) electrons.